The predicted molar refractivity (Wildman–Crippen MR) is 118 cm³/mol. The number of fused-ring (bicyclic) bond motifs is 2. The summed E-state index contributed by atoms with van der Waals surface area (Å²) >= 11 is 0. The summed E-state index contributed by atoms with van der Waals surface area (Å²) in [6.45, 7) is 12.5. The number of aromatic nitrogens is 3. The van der Waals surface area contributed by atoms with Crippen LogP contribution in [0.5, 0.6) is 5.75 Å². The van der Waals surface area contributed by atoms with Crippen molar-refractivity contribution in [1.29, 1.82) is 0 Å². The van der Waals surface area contributed by atoms with Crippen molar-refractivity contribution in [1.82, 2.24) is 14.8 Å². The summed E-state index contributed by atoms with van der Waals surface area (Å²) in [4.78, 5) is 7.42. The van der Waals surface area contributed by atoms with Gasteiger partial charge in [-0.05, 0) is 58.4 Å². The first-order chi connectivity index (χ1) is 13.8. The molecule has 0 N–H and O–H groups in total. The van der Waals surface area contributed by atoms with E-state index in [2.05, 4.69) is 74.6 Å². The monoisotopic (exact) mass is 388 g/mol. The van der Waals surface area contributed by atoms with E-state index in [0.29, 0.717) is 0 Å². The minimum absolute atomic E-state index is 0.115. The van der Waals surface area contributed by atoms with Crippen LogP contribution in [-0.2, 0) is 5.54 Å². The molecule has 5 nitrogen and oxygen atoms in total. The van der Waals surface area contributed by atoms with Crippen molar-refractivity contribution in [2.45, 2.75) is 52.2 Å². The average Bonchev–Trinajstić information content (AvgIpc) is 3.23. The van der Waals surface area contributed by atoms with Crippen LogP contribution in [0, 0.1) is 13.8 Å². The molecule has 2 aliphatic heterocycles. The lowest BCUT2D eigenvalue weighted by atomic mass is 9.97. The van der Waals surface area contributed by atoms with Crippen LogP contribution in [0.2, 0.25) is 0 Å². The third-order valence-corrected chi connectivity index (χ3v) is 6.02. The number of aryl methyl sites for hydroxylation is 2. The molecule has 0 aliphatic carbocycles. The van der Waals surface area contributed by atoms with Gasteiger partial charge in [0.05, 0.1) is 17.8 Å². The summed E-state index contributed by atoms with van der Waals surface area (Å²) in [5, 5.41) is 5.96. The lowest BCUT2D eigenvalue weighted by Crippen LogP contribution is -2.39. The van der Waals surface area contributed by atoms with E-state index in [4.69, 9.17) is 14.8 Å². The number of hydrogen-bond donors (Lipinski definition) is 0. The van der Waals surface area contributed by atoms with E-state index < -0.39 is 0 Å². The summed E-state index contributed by atoms with van der Waals surface area (Å²) in [5.74, 6) is 1.98. The van der Waals surface area contributed by atoms with Crippen molar-refractivity contribution >= 4 is 22.9 Å². The lowest BCUT2D eigenvalue weighted by Gasteiger charge is -2.31. The Labute approximate surface area is 172 Å². The maximum Gasteiger partial charge on any atom is 0.161 e. The van der Waals surface area contributed by atoms with Crippen molar-refractivity contribution < 1.29 is 4.74 Å². The van der Waals surface area contributed by atoms with Gasteiger partial charge < -0.3 is 9.64 Å². The van der Waals surface area contributed by atoms with E-state index in [1.54, 1.807) is 0 Å². The topological polar surface area (TPSA) is 43.2 Å². The fraction of sp³-hybridized carbons (Fsp3) is 0.417. The molecular weight excluding hydrogens is 360 g/mol. The van der Waals surface area contributed by atoms with Crippen LogP contribution < -0.4 is 9.64 Å². The first-order valence-corrected chi connectivity index (χ1v) is 10.4. The molecule has 1 saturated heterocycles. The van der Waals surface area contributed by atoms with Gasteiger partial charge >= 0.3 is 0 Å². The molecule has 5 heteroatoms. The molecule has 150 valence electrons. The molecule has 0 saturated carbocycles. The standard InChI is InChI=1S/C24H28N4O/c1-16-14-20(25-22-21(16)17(2)26-28(22)23(3,4)5)27-13-12-24(15-27)11-10-18-8-6-7-9-19(18)29-24/h6-11,14H,12-13,15H2,1-5H3. The Morgan fingerprint density at radius 3 is 2.72 bits per heavy atom. The molecule has 1 spiro atoms. The number of nitrogens with zero attached hydrogens (tertiary/aromatic N) is 4. The molecular formula is C24H28N4O. The van der Waals surface area contributed by atoms with Gasteiger partial charge in [0.15, 0.2) is 5.65 Å². The largest absolute Gasteiger partial charge is 0.481 e. The molecule has 0 amide bonds. The van der Waals surface area contributed by atoms with Gasteiger partial charge in [-0.15, -0.1) is 0 Å². The quantitative estimate of drug-likeness (QED) is 0.597. The number of anilines is 1. The molecule has 1 unspecified atom stereocenters. The van der Waals surface area contributed by atoms with E-state index in [9.17, 15) is 0 Å². The van der Waals surface area contributed by atoms with Gasteiger partial charge in [0.1, 0.15) is 17.2 Å². The van der Waals surface area contributed by atoms with Crippen LogP contribution in [0.15, 0.2) is 36.4 Å². The highest BCUT2D eigenvalue weighted by molar-refractivity contribution is 5.84. The lowest BCUT2D eigenvalue weighted by molar-refractivity contribution is 0.141. The minimum Gasteiger partial charge on any atom is -0.481 e. The van der Waals surface area contributed by atoms with Crippen LogP contribution in [0.3, 0.4) is 0 Å². The van der Waals surface area contributed by atoms with Crippen LogP contribution in [0.25, 0.3) is 17.1 Å². The molecule has 2 aromatic heterocycles. The average molecular weight is 389 g/mol. The second-order valence-corrected chi connectivity index (χ2v) is 9.37. The summed E-state index contributed by atoms with van der Waals surface area (Å²) < 4.78 is 8.52. The van der Waals surface area contributed by atoms with Gasteiger partial charge in [-0.2, -0.15) is 5.10 Å². The Bertz CT molecular complexity index is 1140. The number of pyridine rings is 1. The third kappa shape index (κ3) is 2.91. The number of para-hydroxylation sites is 1. The maximum absolute atomic E-state index is 6.46. The Hall–Kier alpha value is -2.82. The first kappa shape index (κ1) is 18.2. The van der Waals surface area contributed by atoms with Crippen molar-refractivity contribution in [3.05, 3.63) is 53.2 Å². The van der Waals surface area contributed by atoms with Crippen LogP contribution in [0.1, 0.15) is 44.0 Å². The van der Waals surface area contributed by atoms with E-state index in [1.807, 2.05) is 12.1 Å². The molecule has 1 fully saturated rings. The Kier molecular flexibility index (Phi) is 3.83. The SMILES string of the molecule is Cc1cc(N2CCC3(C=Cc4ccccc4O3)C2)nc2c1c(C)nn2C(C)(C)C. The minimum atomic E-state index is -0.279. The molecule has 1 atom stereocenters. The summed E-state index contributed by atoms with van der Waals surface area (Å²) in [6, 6.07) is 10.4. The van der Waals surface area contributed by atoms with Gasteiger partial charge in [0.2, 0.25) is 0 Å². The highest BCUT2D eigenvalue weighted by atomic mass is 16.5. The summed E-state index contributed by atoms with van der Waals surface area (Å²) in [6.07, 6.45) is 5.38. The molecule has 0 radical (unpaired) electrons. The summed E-state index contributed by atoms with van der Waals surface area (Å²) in [5.41, 5.74) is 3.99. The molecule has 29 heavy (non-hydrogen) atoms. The maximum atomic E-state index is 6.46. The van der Waals surface area contributed by atoms with E-state index in [0.717, 1.165) is 48.0 Å². The van der Waals surface area contributed by atoms with Crippen LogP contribution in [0.4, 0.5) is 5.82 Å². The van der Waals surface area contributed by atoms with E-state index in [-0.39, 0.29) is 11.1 Å². The number of hydrogen-bond acceptors (Lipinski definition) is 4. The van der Waals surface area contributed by atoms with Gasteiger partial charge in [0, 0.05) is 23.9 Å². The first-order valence-electron chi connectivity index (χ1n) is 10.4. The smallest absolute Gasteiger partial charge is 0.161 e. The van der Waals surface area contributed by atoms with Crippen LogP contribution in [-0.4, -0.2) is 33.5 Å². The fourth-order valence-corrected chi connectivity index (χ4v) is 4.54. The van der Waals surface area contributed by atoms with E-state index >= 15 is 0 Å². The molecule has 2 aliphatic rings. The van der Waals surface area contributed by atoms with Crippen molar-refractivity contribution in [3.63, 3.8) is 0 Å². The fourth-order valence-electron chi connectivity index (χ4n) is 4.54. The van der Waals surface area contributed by atoms with Gasteiger partial charge in [-0.3, -0.25) is 0 Å². The zero-order valence-electron chi connectivity index (χ0n) is 17.9. The van der Waals surface area contributed by atoms with Crippen LogP contribution >= 0.6 is 0 Å². The highest BCUT2D eigenvalue weighted by Crippen LogP contribution is 2.38. The second kappa shape index (κ2) is 6.09. The third-order valence-electron chi connectivity index (χ3n) is 6.02. The number of rotatable bonds is 1. The zero-order chi connectivity index (χ0) is 20.4. The van der Waals surface area contributed by atoms with Gasteiger partial charge in [-0.25, -0.2) is 9.67 Å². The Balaban J connectivity index is 1.51. The summed E-state index contributed by atoms with van der Waals surface area (Å²) in [7, 11) is 0. The molecule has 0 bridgehead atoms. The molecule has 1 aromatic carbocycles. The predicted octanol–water partition coefficient (Wildman–Crippen LogP) is 4.86. The Morgan fingerprint density at radius 1 is 1.14 bits per heavy atom. The number of benzene rings is 1. The van der Waals surface area contributed by atoms with Crippen molar-refractivity contribution in [3.8, 4) is 5.75 Å². The Morgan fingerprint density at radius 2 is 1.93 bits per heavy atom. The zero-order valence-corrected chi connectivity index (χ0v) is 17.9. The van der Waals surface area contributed by atoms with Crippen molar-refractivity contribution in [2.75, 3.05) is 18.0 Å². The molecule has 3 aromatic rings. The molecule has 4 heterocycles. The van der Waals surface area contributed by atoms with Crippen molar-refractivity contribution in [2.24, 2.45) is 0 Å². The normalized spacial score (nSPS) is 21.1. The number of ether oxygens (including phenoxy) is 1. The second-order valence-electron chi connectivity index (χ2n) is 9.37. The highest BCUT2D eigenvalue weighted by Gasteiger charge is 2.41. The van der Waals surface area contributed by atoms with Gasteiger partial charge in [-0.1, -0.05) is 24.3 Å². The molecule has 5 rings (SSSR count). The van der Waals surface area contributed by atoms with E-state index in [1.165, 1.54) is 10.9 Å². The van der Waals surface area contributed by atoms with Gasteiger partial charge in [0.25, 0.3) is 0 Å².